The van der Waals surface area contributed by atoms with Gasteiger partial charge in [-0.2, -0.15) is 0 Å². The minimum atomic E-state index is -0.261. The van der Waals surface area contributed by atoms with E-state index >= 15 is 0 Å². The maximum Gasteiger partial charge on any atom is 0.224 e. The highest BCUT2D eigenvalue weighted by atomic mass is 16.3. The van der Waals surface area contributed by atoms with E-state index in [2.05, 4.69) is 5.32 Å². The van der Waals surface area contributed by atoms with Crippen molar-refractivity contribution in [2.45, 2.75) is 45.1 Å². The maximum absolute atomic E-state index is 11.9. The molecule has 2 N–H and O–H groups in total. The van der Waals surface area contributed by atoms with Crippen LogP contribution < -0.4 is 5.32 Å². The molecule has 3 nitrogen and oxygen atoms in total. The third kappa shape index (κ3) is 2.17. The van der Waals surface area contributed by atoms with Crippen molar-refractivity contribution in [3.63, 3.8) is 0 Å². The summed E-state index contributed by atoms with van der Waals surface area (Å²) >= 11 is 0. The van der Waals surface area contributed by atoms with Gasteiger partial charge in [0.25, 0.3) is 0 Å². The molecule has 0 aromatic heterocycles. The first-order valence-electron chi connectivity index (χ1n) is 5.98. The lowest BCUT2D eigenvalue weighted by Crippen LogP contribution is -2.45. The zero-order chi connectivity index (χ0) is 11.1. The largest absolute Gasteiger partial charge is 0.396 e. The zero-order valence-corrected chi connectivity index (χ0v) is 9.62. The fraction of sp³-hybridized carbons (Fsp3) is 0.917. The first-order valence-corrected chi connectivity index (χ1v) is 5.98. The molecule has 15 heavy (non-hydrogen) atoms. The molecule has 0 heterocycles. The smallest absolute Gasteiger partial charge is 0.224 e. The van der Waals surface area contributed by atoms with Gasteiger partial charge >= 0.3 is 0 Å². The van der Waals surface area contributed by atoms with E-state index in [-0.39, 0.29) is 24.0 Å². The van der Waals surface area contributed by atoms with Gasteiger partial charge in [0.2, 0.25) is 5.91 Å². The highest BCUT2D eigenvalue weighted by Crippen LogP contribution is 2.57. The lowest BCUT2D eigenvalue weighted by atomic mass is 10.0. The minimum absolute atomic E-state index is 0.130. The Morgan fingerprint density at radius 2 is 2.00 bits per heavy atom. The van der Waals surface area contributed by atoms with Crippen molar-refractivity contribution in [3.8, 4) is 0 Å². The summed E-state index contributed by atoms with van der Waals surface area (Å²) in [7, 11) is 0. The summed E-state index contributed by atoms with van der Waals surface area (Å²) in [6, 6.07) is 0. The van der Waals surface area contributed by atoms with E-state index < -0.39 is 0 Å². The number of carbonyl (C=O) groups is 1. The first kappa shape index (κ1) is 10.9. The second kappa shape index (κ2) is 3.78. The van der Waals surface area contributed by atoms with Crippen molar-refractivity contribution in [2.24, 2.45) is 17.8 Å². The standard InChI is InChI=1S/C12H21NO2/c1-12(2,6-7-14)13-11(15)10-8-4-3-5-9(8)10/h8-10,14H,3-7H2,1-2H3,(H,13,15). The Bertz CT molecular complexity index is 252. The fourth-order valence-electron chi connectivity index (χ4n) is 2.97. The fourth-order valence-corrected chi connectivity index (χ4v) is 2.97. The predicted molar refractivity (Wildman–Crippen MR) is 58.2 cm³/mol. The number of hydrogen-bond acceptors (Lipinski definition) is 2. The topological polar surface area (TPSA) is 49.3 Å². The molecule has 3 heteroatoms. The highest BCUT2D eigenvalue weighted by Gasteiger charge is 2.56. The molecule has 0 aromatic carbocycles. The normalized spacial score (nSPS) is 33.7. The van der Waals surface area contributed by atoms with Crippen LogP contribution in [-0.2, 0) is 4.79 Å². The highest BCUT2D eigenvalue weighted by molar-refractivity contribution is 5.83. The van der Waals surface area contributed by atoms with Gasteiger partial charge in [-0.25, -0.2) is 0 Å². The summed E-state index contributed by atoms with van der Waals surface area (Å²) in [5.41, 5.74) is -0.261. The summed E-state index contributed by atoms with van der Waals surface area (Å²) in [6.45, 7) is 4.07. The van der Waals surface area contributed by atoms with Gasteiger partial charge in [-0.15, -0.1) is 0 Å². The summed E-state index contributed by atoms with van der Waals surface area (Å²) in [6.07, 6.45) is 4.41. The van der Waals surface area contributed by atoms with Crippen molar-refractivity contribution in [1.29, 1.82) is 0 Å². The minimum Gasteiger partial charge on any atom is -0.396 e. The molecule has 86 valence electrons. The van der Waals surface area contributed by atoms with Crippen molar-refractivity contribution in [3.05, 3.63) is 0 Å². The Balaban J connectivity index is 1.83. The average Bonchev–Trinajstić information content (AvgIpc) is 2.60. The SMILES string of the molecule is CC(C)(CCO)NC(=O)C1C2CCCC21. The second-order valence-electron chi connectivity index (χ2n) is 5.63. The van der Waals surface area contributed by atoms with Gasteiger partial charge < -0.3 is 10.4 Å². The van der Waals surface area contributed by atoms with Crippen LogP contribution in [0.3, 0.4) is 0 Å². The summed E-state index contributed by atoms with van der Waals surface area (Å²) in [5, 5.41) is 11.9. The molecule has 0 bridgehead atoms. The van der Waals surface area contributed by atoms with Crippen LogP contribution in [0.5, 0.6) is 0 Å². The Labute approximate surface area is 91.2 Å². The van der Waals surface area contributed by atoms with Gasteiger partial charge in [0.15, 0.2) is 0 Å². The number of aliphatic hydroxyl groups excluding tert-OH is 1. The van der Waals surface area contributed by atoms with Crippen LogP contribution in [0.4, 0.5) is 0 Å². The maximum atomic E-state index is 11.9. The van der Waals surface area contributed by atoms with E-state index in [0.717, 1.165) is 0 Å². The van der Waals surface area contributed by atoms with Crippen molar-refractivity contribution in [2.75, 3.05) is 6.61 Å². The Hall–Kier alpha value is -0.570. The molecule has 0 aromatic rings. The molecule has 0 saturated heterocycles. The first-order chi connectivity index (χ1) is 7.05. The summed E-state index contributed by atoms with van der Waals surface area (Å²) in [4.78, 5) is 11.9. The lowest BCUT2D eigenvalue weighted by molar-refractivity contribution is -0.124. The number of rotatable bonds is 4. The number of aliphatic hydroxyl groups is 1. The van der Waals surface area contributed by atoms with Gasteiger partial charge in [0.05, 0.1) is 0 Å². The van der Waals surface area contributed by atoms with Crippen LogP contribution in [0, 0.1) is 17.8 Å². The van der Waals surface area contributed by atoms with Gasteiger partial charge in [0, 0.05) is 18.1 Å². The van der Waals surface area contributed by atoms with E-state index in [1.54, 1.807) is 0 Å². The number of fused-ring (bicyclic) bond motifs is 1. The molecule has 1 amide bonds. The Morgan fingerprint density at radius 3 is 2.53 bits per heavy atom. The molecule has 2 saturated carbocycles. The molecule has 0 radical (unpaired) electrons. The number of carbonyl (C=O) groups excluding carboxylic acids is 1. The molecule has 2 aliphatic rings. The van der Waals surface area contributed by atoms with Crippen molar-refractivity contribution in [1.82, 2.24) is 5.32 Å². The number of amides is 1. The molecular weight excluding hydrogens is 190 g/mol. The van der Waals surface area contributed by atoms with Crippen LogP contribution >= 0.6 is 0 Å². The zero-order valence-electron chi connectivity index (χ0n) is 9.62. The predicted octanol–water partition coefficient (Wildman–Crippen LogP) is 1.31. The second-order valence-corrected chi connectivity index (χ2v) is 5.63. The molecule has 2 atom stereocenters. The van der Waals surface area contributed by atoms with Crippen LogP contribution in [0.15, 0.2) is 0 Å². The number of nitrogens with one attached hydrogen (secondary N) is 1. The molecule has 2 unspecified atom stereocenters. The molecule has 0 aliphatic heterocycles. The third-order valence-electron chi connectivity index (χ3n) is 3.91. The summed E-state index contributed by atoms with van der Waals surface area (Å²) < 4.78 is 0. The van der Waals surface area contributed by atoms with E-state index in [1.807, 2.05) is 13.8 Å². The van der Waals surface area contributed by atoms with Crippen LogP contribution in [0.25, 0.3) is 0 Å². The Kier molecular flexibility index (Phi) is 2.75. The van der Waals surface area contributed by atoms with Crippen molar-refractivity contribution < 1.29 is 9.90 Å². The molecule has 2 rings (SSSR count). The third-order valence-corrected chi connectivity index (χ3v) is 3.91. The van der Waals surface area contributed by atoms with Crippen molar-refractivity contribution >= 4 is 5.91 Å². The van der Waals surface area contributed by atoms with Crippen LogP contribution in [0.1, 0.15) is 39.5 Å². The van der Waals surface area contributed by atoms with E-state index in [4.69, 9.17) is 5.11 Å². The van der Waals surface area contributed by atoms with Gasteiger partial charge in [0.1, 0.15) is 0 Å². The number of hydrogen-bond donors (Lipinski definition) is 2. The Morgan fingerprint density at radius 1 is 1.40 bits per heavy atom. The van der Waals surface area contributed by atoms with Gasteiger partial charge in [-0.1, -0.05) is 6.42 Å². The van der Waals surface area contributed by atoms with E-state index in [9.17, 15) is 4.79 Å². The molecular formula is C12H21NO2. The van der Waals surface area contributed by atoms with E-state index in [1.165, 1.54) is 19.3 Å². The van der Waals surface area contributed by atoms with Crippen LogP contribution in [-0.4, -0.2) is 23.2 Å². The van der Waals surface area contributed by atoms with E-state index in [0.29, 0.717) is 18.3 Å². The average molecular weight is 211 g/mol. The molecule has 2 fully saturated rings. The quantitative estimate of drug-likeness (QED) is 0.736. The van der Waals surface area contributed by atoms with Crippen LogP contribution in [0.2, 0.25) is 0 Å². The summed E-state index contributed by atoms with van der Waals surface area (Å²) in [5.74, 6) is 1.85. The molecule has 2 aliphatic carbocycles. The lowest BCUT2D eigenvalue weighted by Gasteiger charge is -2.25. The monoisotopic (exact) mass is 211 g/mol. The molecule has 0 spiro atoms. The van der Waals surface area contributed by atoms with Gasteiger partial charge in [-0.3, -0.25) is 4.79 Å². The van der Waals surface area contributed by atoms with Gasteiger partial charge in [-0.05, 0) is 44.9 Å².